The van der Waals surface area contributed by atoms with Crippen LogP contribution in [-0.4, -0.2) is 41.3 Å². The van der Waals surface area contributed by atoms with Crippen LogP contribution in [0, 0.1) is 5.82 Å². The minimum Gasteiger partial charge on any atom is -0.490 e. The third kappa shape index (κ3) is 5.92. The second-order valence-corrected chi connectivity index (χ2v) is 8.03. The predicted octanol–water partition coefficient (Wildman–Crippen LogP) is 4.79. The lowest BCUT2D eigenvalue weighted by Crippen LogP contribution is -2.42. The van der Waals surface area contributed by atoms with Crippen LogP contribution in [0.1, 0.15) is 31.9 Å². The van der Waals surface area contributed by atoms with Gasteiger partial charge in [-0.25, -0.2) is 9.18 Å². The van der Waals surface area contributed by atoms with Crippen molar-refractivity contribution in [2.45, 2.75) is 33.4 Å². The smallest absolute Gasteiger partial charge is 0.329 e. The number of nitrogens with zero attached hydrogens (tertiary/aromatic N) is 1. The summed E-state index contributed by atoms with van der Waals surface area (Å²) >= 11 is 0.761. The highest BCUT2D eigenvalue weighted by molar-refractivity contribution is 8.18. The fourth-order valence-electron chi connectivity index (χ4n) is 3.08. The number of amides is 2. The maximum Gasteiger partial charge on any atom is 0.329 e. The Morgan fingerprint density at radius 1 is 1.06 bits per heavy atom. The van der Waals surface area contributed by atoms with E-state index in [1.807, 2.05) is 6.92 Å². The number of hydrogen-bond acceptors (Lipinski definition) is 7. The zero-order chi connectivity index (χ0) is 24.0. The summed E-state index contributed by atoms with van der Waals surface area (Å²) in [5.41, 5.74) is 1.43. The molecule has 1 atom stereocenters. The number of thioether (sulfide) groups is 1. The maximum absolute atomic E-state index is 13.1. The largest absolute Gasteiger partial charge is 0.490 e. The molecule has 2 aromatic carbocycles. The van der Waals surface area contributed by atoms with Crippen molar-refractivity contribution >= 4 is 35.0 Å². The van der Waals surface area contributed by atoms with Gasteiger partial charge in [0.2, 0.25) is 0 Å². The first-order valence-corrected chi connectivity index (χ1v) is 11.2. The van der Waals surface area contributed by atoms with Crippen LogP contribution in [0.5, 0.6) is 11.5 Å². The van der Waals surface area contributed by atoms with Crippen molar-refractivity contribution in [1.82, 2.24) is 4.90 Å². The number of ether oxygens (including phenoxy) is 3. The lowest BCUT2D eigenvalue weighted by molar-refractivity contribution is -0.150. The van der Waals surface area contributed by atoms with Gasteiger partial charge < -0.3 is 14.2 Å². The molecule has 174 valence electrons. The Kier molecular flexibility index (Phi) is 8.11. The first-order valence-electron chi connectivity index (χ1n) is 10.4. The van der Waals surface area contributed by atoms with E-state index in [9.17, 15) is 18.8 Å². The van der Waals surface area contributed by atoms with E-state index in [0.717, 1.165) is 22.2 Å². The second kappa shape index (κ2) is 11.0. The van der Waals surface area contributed by atoms with Crippen molar-refractivity contribution < 1.29 is 33.0 Å². The normalized spacial score (nSPS) is 15.6. The topological polar surface area (TPSA) is 82.1 Å². The highest BCUT2D eigenvalue weighted by Crippen LogP contribution is 2.36. The van der Waals surface area contributed by atoms with Crippen molar-refractivity contribution in [2.75, 3.05) is 13.2 Å². The molecule has 1 fully saturated rings. The van der Waals surface area contributed by atoms with Crippen LogP contribution in [0.2, 0.25) is 0 Å². The van der Waals surface area contributed by atoms with Crippen LogP contribution in [0.15, 0.2) is 47.4 Å². The van der Waals surface area contributed by atoms with Gasteiger partial charge in [-0.2, -0.15) is 0 Å². The van der Waals surface area contributed by atoms with Crippen molar-refractivity contribution in [3.63, 3.8) is 0 Å². The maximum atomic E-state index is 13.1. The number of rotatable bonds is 9. The quantitative estimate of drug-likeness (QED) is 0.382. The molecule has 0 spiro atoms. The zero-order valence-electron chi connectivity index (χ0n) is 18.5. The van der Waals surface area contributed by atoms with Gasteiger partial charge in [0, 0.05) is 0 Å². The van der Waals surface area contributed by atoms with Gasteiger partial charge in [0.1, 0.15) is 18.5 Å². The Morgan fingerprint density at radius 3 is 2.45 bits per heavy atom. The summed E-state index contributed by atoms with van der Waals surface area (Å²) in [6.45, 7) is 5.72. The van der Waals surface area contributed by atoms with E-state index in [2.05, 4.69) is 0 Å². The van der Waals surface area contributed by atoms with E-state index in [1.165, 1.54) is 19.1 Å². The highest BCUT2D eigenvalue weighted by Gasteiger charge is 2.41. The van der Waals surface area contributed by atoms with Gasteiger partial charge in [-0.05, 0) is 74.0 Å². The minimum atomic E-state index is -1.01. The molecule has 2 amide bonds. The number of halogens is 1. The number of hydrogen-bond donors (Lipinski definition) is 0. The molecule has 0 bridgehead atoms. The first kappa shape index (κ1) is 24.3. The number of carbonyl (C=O) groups excluding carboxylic acids is 3. The molecular weight excluding hydrogens is 449 g/mol. The summed E-state index contributed by atoms with van der Waals surface area (Å²) in [5.74, 6) is -0.559. The van der Waals surface area contributed by atoms with Gasteiger partial charge in [0.15, 0.2) is 11.5 Å². The zero-order valence-corrected chi connectivity index (χ0v) is 19.3. The van der Waals surface area contributed by atoms with Crippen LogP contribution in [0.3, 0.4) is 0 Å². The van der Waals surface area contributed by atoms with Crippen LogP contribution in [0.4, 0.5) is 9.18 Å². The highest BCUT2D eigenvalue weighted by atomic mass is 32.2. The summed E-state index contributed by atoms with van der Waals surface area (Å²) < 4.78 is 29.5. The van der Waals surface area contributed by atoms with E-state index in [0.29, 0.717) is 23.7 Å². The average Bonchev–Trinajstić information content (AvgIpc) is 3.07. The van der Waals surface area contributed by atoms with Gasteiger partial charge in [-0.3, -0.25) is 14.5 Å². The molecule has 0 unspecified atom stereocenters. The summed E-state index contributed by atoms with van der Waals surface area (Å²) in [6.07, 6.45) is 1.56. The molecule has 0 aromatic heterocycles. The third-order valence-corrected chi connectivity index (χ3v) is 5.60. The van der Waals surface area contributed by atoms with Gasteiger partial charge in [0.25, 0.3) is 11.1 Å². The van der Waals surface area contributed by atoms with E-state index < -0.39 is 23.2 Å². The van der Waals surface area contributed by atoms with Gasteiger partial charge in [-0.1, -0.05) is 18.2 Å². The predicted molar refractivity (Wildman–Crippen MR) is 122 cm³/mol. The molecule has 2 aromatic rings. The number of esters is 1. The number of carbonyl (C=O) groups is 3. The molecule has 0 saturated carbocycles. The minimum absolute atomic E-state index is 0.158. The molecule has 0 aliphatic carbocycles. The van der Waals surface area contributed by atoms with Gasteiger partial charge in [0.05, 0.1) is 18.1 Å². The lowest BCUT2D eigenvalue weighted by Gasteiger charge is -2.19. The van der Waals surface area contributed by atoms with Gasteiger partial charge in [-0.15, -0.1) is 0 Å². The monoisotopic (exact) mass is 473 g/mol. The Hall–Kier alpha value is -3.33. The summed E-state index contributed by atoms with van der Waals surface area (Å²) in [6, 6.07) is 10.1. The lowest BCUT2D eigenvalue weighted by atomic mass is 10.1. The van der Waals surface area contributed by atoms with Crippen LogP contribution < -0.4 is 9.47 Å². The SMILES string of the molecule is CCOC(=O)[C@H](C)N1C(=O)S/C(=C/c2ccc(OCc3ccc(F)cc3)c(OCC)c2)C1=O. The van der Waals surface area contributed by atoms with Crippen molar-refractivity contribution in [3.8, 4) is 11.5 Å². The van der Waals surface area contributed by atoms with Crippen LogP contribution in [0.25, 0.3) is 6.08 Å². The van der Waals surface area contributed by atoms with Gasteiger partial charge >= 0.3 is 5.97 Å². The third-order valence-electron chi connectivity index (χ3n) is 4.71. The van der Waals surface area contributed by atoms with Crippen molar-refractivity contribution in [2.24, 2.45) is 0 Å². The Labute approximate surface area is 195 Å². The van der Waals surface area contributed by atoms with Crippen LogP contribution in [-0.2, 0) is 20.9 Å². The van der Waals surface area contributed by atoms with E-state index in [-0.39, 0.29) is 23.9 Å². The molecular formula is C24H24FNO6S. The fourth-order valence-corrected chi connectivity index (χ4v) is 3.99. The van der Waals surface area contributed by atoms with E-state index in [1.54, 1.807) is 43.3 Å². The molecule has 1 saturated heterocycles. The standard InChI is InChI=1S/C24H24FNO6S/c1-4-30-20-12-17(8-11-19(20)32-14-16-6-9-18(25)10-7-16)13-21-22(27)26(24(29)33-21)15(3)23(28)31-5-2/h6-13,15H,4-5,14H2,1-3H3/b21-13+/t15-/m0/s1. The molecule has 1 aliphatic heterocycles. The molecule has 3 rings (SSSR count). The Bertz CT molecular complexity index is 1070. The molecule has 0 N–H and O–H groups in total. The average molecular weight is 474 g/mol. The molecule has 1 heterocycles. The second-order valence-electron chi connectivity index (χ2n) is 7.03. The van der Waals surface area contributed by atoms with E-state index in [4.69, 9.17) is 14.2 Å². The number of benzene rings is 2. The molecule has 9 heteroatoms. The summed E-state index contributed by atoms with van der Waals surface area (Å²) in [4.78, 5) is 38.2. The molecule has 1 aliphatic rings. The molecule has 7 nitrogen and oxygen atoms in total. The van der Waals surface area contributed by atoms with E-state index >= 15 is 0 Å². The van der Waals surface area contributed by atoms with Crippen molar-refractivity contribution in [3.05, 3.63) is 64.3 Å². The van der Waals surface area contributed by atoms with Crippen molar-refractivity contribution in [1.29, 1.82) is 0 Å². The summed E-state index contributed by atoms with van der Waals surface area (Å²) in [5, 5.41) is -0.531. The van der Waals surface area contributed by atoms with Crippen LogP contribution >= 0.6 is 11.8 Å². The summed E-state index contributed by atoms with van der Waals surface area (Å²) in [7, 11) is 0. The Balaban J connectivity index is 1.78. The fraction of sp³-hybridized carbons (Fsp3) is 0.292. The molecule has 0 radical (unpaired) electrons. The first-order chi connectivity index (χ1) is 15.8. The Morgan fingerprint density at radius 2 is 1.79 bits per heavy atom. The molecule has 33 heavy (non-hydrogen) atoms. The number of imide groups is 1.